The number of ether oxygens (including phenoxy) is 6. The summed E-state index contributed by atoms with van der Waals surface area (Å²) in [6.45, 7) is 7.24. The van der Waals surface area contributed by atoms with Crippen molar-refractivity contribution < 1.29 is 33.2 Å². The van der Waals surface area contributed by atoms with Crippen molar-refractivity contribution in [1.29, 1.82) is 0 Å². The molecule has 2 rings (SSSR count). The average Bonchev–Trinajstić information content (AvgIpc) is 2.88. The molecule has 8 heteroatoms. The van der Waals surface area contributed by atoms with Crippen molar-refractivity contribution in [3.8, 4) is 0 Å². The Morgan fingerprint density at radius 3 is 1.53 bits per heavy atom. The van der Waals surface area contributed by atoms with Crippen molar-refractivity contribution in [3.05, 3.63) is 65.7 Å². The Morgan fingerprint density at radius 2 is 1.03 bits per heavy atom. The van der Waals surface area contributed by atoms with Crippen molar-refractivity contribution in [2.75, 3.05) is 84.5 Å². The van der Waals surface area contributed by atoms with E-state index >= 15 is 0 Å². The van der Waals surface area contributed by atoms with Gasteiger partial charge in [-0.25, -0.2) is 0 Å². The third-order valence-electron chi connectivity index (χ3n) is 4.59. The molecule has 0 fully saturated rings. The third kappa shape index (κ3) is 14.7. The van der Waals surface area contributed by atoms with Gasteiger partial charge in [-0.3, -0.25) is 4.79 Å². The number of aldehydes is 1. The molecule has 8 nitrogen and oxygen atoms in total. The zero-order chi connectivity index (χ0) is 23.9. The fraction of sp³-hybridized carbons (Fsp3) is 0.500. The molecule has 0 heterocycles. The van der Waals surface area contributed by atoms with Gasteiger partial charge in [0.2, 0.25) is 0 Å². The number of benzene rings is 2. The lowest BCUT2D eigenvalue weighted by Gasteiger charge is -2.09. The first-order valence-electron chi connectivity index (χ1n) is 11.7. The zero-order valence-electron chi connectivity index (χ0n) is 19.8. The molecular formula is C26H37NO7. The van der Waals surface area contributed by atoms with Crippen LogP contribution in [0.2, 0.25) is 0 Å². The van der Waals surface area contributed by atoms with Crippen LogP contribution in [0.1, 0.15) is 15.9 Å². The first-order chi connectivity index (χ1) is 16.9. The van der Waals surface area contributed by atoms with Crippen LogP contribution in [0.25, 0.3) is 0 Å². The van der Waals surface area contributed by atoms with Crippen LogP contribution in [0.3, 0.4) is 0 Å². The molecule has 0 unspecified atom stereocenters. The maximum atomic E-state index is 10.6. The van der Waals surface area contributed by atoms with Gasteiger partial charge in [0.15, 0.2) is 0 Å². The second-order valence-corrected chi connectivity index (χ2v) is 7.27. The normalized spacial score (nSPS) is 10.9. The van der Waals surface area contributed by atoms with E-state index < -0.39 is 0 Å². The molecule has 0 aliphatic heterocycles. The smallest absolute Gasteiger partial charge is 0.150 e. The SMILES string of the molecule is O=Cc1ccc(NCCOCCOCCOCCOCCOCCOCc2ccccc2)cc1. The number of carbonyl (C=O) groups is 1. The van der Waals surface area contributed by atoms with Crippen LogP contribution in [-0.4, -0.2) is 85.5 Å². The Balaban J connectivity index is 1.23. The predicted molar refractivity (Wildman–Crippen MR) is 131 cm³/mol. The Labute approximate surface area is 202 Å². The Kier molecular flexibility index (Phi) is 16.5. The van der Waals surface area contributed by atoms with Gasteiger partial charge >= 0.3 is 0 Å². The lowest BCUT2D eigenvalue weighted by Crippen LogP contribution is -2.15. The number of carbonyl (C=O) groups excluding carboxylic acids is 1. The number of hydrogen-bond acceptors (Lipinski definition) is 8. The molecule has 34 heavy (non-hydrogen) atoms. The second-order valence-electron chi connectivity index (χ2n) is 7.27. The lowest BCUT2D eigenvalue weighted by atomic mass is 10.2. The molecule has 2 aromatic rings. The van der Waals surface area contributed by atoms with E-state index in [0.717, 1.165) is 17.5 Å². The summed E-state index contributed by atoms with van der Waals surface area (Å²) in [7, 11) is 0. The van der Waals surface area contributed by atoms with E-state index in [1.54, 1.807) is 12.1 Å². The van der Waals surface area contributed by atoms with Crippen molar-refractivity contribution in [2.24, 2.45) is 0 Å². The maximum Gasteiger partial charge on any atom is 0.150 e. The highest BCUT2D eigenvalue weighted by Crippen LogP contribution is 2.07. The van der Waals surface area contributed by atoms with E-state index in [0.29, 0.717) is 91.4 Å². The molecule has 0 aromatic heterocycles. The summed E-state index contributed by atoms with van der Waals surface area (Å²) in [5.74, 6) is 0. The van der Waals surface area contributed by atoms with Crippen LogP contribution in [0, 0.1) is 0 Å². The zero-order valence-corrected chi connectivity index (χ0v) is 19.8. The first-order valence-corrected chi connectivity index (χ1v) is 11.7. The molecule has 0 saturated heterocycles. The van der Waals surface area contributed by atoms with E-state index in [-0.39, 0.29) is 0 Å². The topological polar surface area (TPSA) is 84.5 Å². The van der Waals surface area contributed by atoms with Crippen LogP contribution in [0.4, 0.5) is 5.69 Å². The largest absolute Gasteiger partial charge is 0.383 e. The number of hydrogen-bond donors (Lipinski definition) is 1. The summed E-state index contributed by atoms with van der Waals surface area (Å²) >= 11 is 0. The van der Waals surface area contributed by atoms with Crippen LogP contribution in [0.15, 0.2) is 54.6 Å². The van der Waals surface area contributed by atoms with E-state index in [1.165, 1.54) is 0 Å². The Bertz CT molecular complexity index is 728. The van der Waals surface area contributed by atoms with E-state index in [4.69, 9.17) is 28.4 Å². The van der Waals surface area contributed by atoms with Crippen molar-refractivity contribution >= 4 is 12.0 Å². The molecule has 0 aliphatic rings. The molecule has 188 valence electrons. The summed E-state index contributed by atoms with van der Waals surface area (Å²) in [6.07, 6.45) is 0.829. The molecule has 0 saturated carbocycles. The van der Waals surface area contributed by atoms with E-state index in [1.807, 2.05) is 42.5 Å². The predicted octanol–water partition coefficient (Wildman–Crippen LogP) is 3.21. The second kappa shape index (κ2) is 20.1. The monoisotopic (exact) mass is 475 g/mol. The van der Waals surface area contributed by atoms with Crippen LogP contribution in [0.5, 0.6) is 0 Å². The molecule has 0 aliphatic carbocycles. The van der Waals surface area contributed by atoms with Gasteiger partial charge in [-0.05, 0) is 29.8 Å². The molecule has 2 aromatic carbocycles. The summed E-state index contributed by atoms with van der Waals surface area (Å²) in [6, 6.07) is 17.4. The molecule has 0 radical (unpaired) electrons. The van der Waals surface area contributed by atoms with Gasteiger partial charge in [0.05, 0.1) is 79.3 Å². The minimum Gasteiger partial charge on any atom is -0.383 e. The number of rotatable bonds is 22. The highest BCUT2D eigenvalue weighted by Gasteiger charge is 1.96. The third-order valence-corrected chi connectivity index (χ3v) is 4.59. The summed E-state index contributed by atoms with van der Waals surface area (Å²) in [4.78, 5) is 10.6. The fourth-order valence-corrected chi connectivity index (χ4v) is 2.81. The van der Waals surface area contributed by atoms with Crippen LogP contribution < -0.4 is 5.32 Å². The molecule has 0 spiro atoms. The Morgan fingerprint density at radius 1 is 0.559 bits per heavy atom. The van der Waals surface area contributed by atoms with Crippen LogP contribution >= 0.6 is 0 Å². The van der Waals surface area contributed by atoms with Gasteiger partial charge in [-0.2, -0.15) is 0 Å². The van der Waals surface area contributed by atoms with Gasteiger partial charge in [0.25, 0.3) is 0 Å². The van der Waals surface area contributed by atoms with Gasteiger partial charge in [-0.15, -0.1) is 0 Å². The van der Waals surface area contributed by atoms with Crippen molar-refractivity contribution in [2.45, 2.75) is 6.61 Å². The van der Waals surface area contributed by atoms with Gasteiger partial charge in [-0.1, -0.05) is 30.3 Å². The first kappa shape index (κ1) is 27.9. The van der Waals surface area contributed by atoms with Gasteiger partial charge in [0.1, 0.15) is 6.29 Å². The van der Waals surface area contributed by atoms with E-state index in [9.17, 15) is 4.79 Å². The van der Waals surface area contributed by atoms with Gasteiger partial charge < -0.3 is 33.7 Å². The maximum absolute atomic E-state index is 10.6. The number of nitrogens with one attached hydrogen (secondary N) is 1. The quantitative estimate of drug-likeness (QED) is 0.205. The summed E-state index contributed by atoms with van der Waals surface area (Å²) < 4.78 is 32.9. The summed E-state index contributed by atoms with van der Waals surface area (Å²) in [5, 5.41) is 3.23. The highest BCUT2D eigenvalue weighted by molar-refractivity contribution is 5.75. The molecule has 0 amide bonds. The molecule has 1 N–H and O–H groups in total. The minimum absolute atomic E-state index is 0.525. The van der Waals surface area contributed by atoms with Crippen LogP contribution in [-0.2, 0) is 35.0 Å². The lowest BCUT2D eigenvalue weighted by molar-refractivity contribution is -0.0173. The average molecular weight is 476 g/mol. The Hall–Kier alpha value is -2.33. The minimum atomic E-state index is 0.525. The standard InChI is InChI=1S/C26H37NO7/c28-22-24-6-8-26(9-7-24)27-10-11-29-12-13-30-14-15-31-16-17-32-18-19-33-20-21-34-23-25-4-2-1-3-5-25/h1-9,22,27H,10-21,23H2. The highest BCUT2D eigenvalue weighted by atomic mass is 16.6. The van der Waals surface area contributed by atoms with Crippen molar-refractivity contribution in [1.82, 2.24) is 0 Å². The van der Waals surface area contributed by atoms with E-state index in [2.05, 4.69) is 5.32 Å². The molecule has 0 bridgehead atoms. The molecular weight excluding hydrogens is 438 g/mol. The number of anilines is 1. The van der Waals surface area contributed by atoms with Crippen molar-refractivity contribution in [3.63, 3.8) is 0 Å². The summed E-state index contributed by atoms with van der Waals surface area (Å²) in [5.41, 5.74) is 2.79. The molecule has 0 atom stereocenters. The van der Waals surface area contributed by atoms with Gasteiger partial charge in [0, 0.05) is 17.8 Å². The fourth-order valence-electron chi connectivity index (χ4n) is 2.81.